The summed E-state index contributed by atoms with van der Waals surface area (Å²) < 4.78 is 5.43. The van der Waals surface area contributed by atoms with Crippen LogP contribution < -0.4 is 0 Å². The Morgan fingerprint density at radius 3 is 2.89 bits per heavy atom. The highest BCUT2D eigenvalue weighted by molar-refractivity contribution is 6.08. The third-order valence-electron chi connectivity index (χ3n) is 2.69. The minimum Gasteiger partial charge on any atom is -0.370 e. The molecule has 1 saturated heterocycles. The van der Waals surface area contributed by atoms with Gasteiger partial charge >= 0.3 is 0 Å². The number of ether oxygens (including phenoxy) is 1. The maximum absolute atomic E-state index is 5.43. The molecule has 0 aromatic heterocycles. The van der Waals surface area contributed by atoms with Crippen LogP contribution in [0, 0.1) is 5.92 Å². The highest BCUT2D eigenvalue weighted by Crippen LogP contribution is 2.40. The van der Waals surface area contributed by atoms with E-state index < -0.39 is 0 Å². The molecule has 0 spiro atoms. The molecule has 2 heteroatoms. The van der Waals surface area contributed by atoms with Crippen molar-refractivity contribution in [2.75, 3.05) is 0 Å². The van der Waals surface area contributed by atoms with Gasteiger partial charge in [-0.3, -0.25) is 0 Å². The van der Waals surface area contributed by atoms with Crippen LogP contribution in [0.5, 0.6) is 0 Å². The van der Waals surface area contributed by atoms with Crippen molar-refractivity contribution in [2.45, 2.75) is 37.5 Å². The molecule has 0 aromatic carbocycles. The van der Waals surface area contributed by atoms with Crippen LogP contribution in [0.25, 0.3) is 0 Å². The van der Waals surface area contributed by atoms with Crippen molar-refractivity contribution >= 4 is 10.2 Å². The first-order valence-electron chi connectivity index (χ1n) is 4.05. The Kier molecular flexibility index (Phi) is 1.38. The topological polar surface area (TPSA) is 12.5 Å². The summed E-state index contributed by atoms with van der Waals surface area (Å²) in [7, 11) is 1.38. The minimum atomic E-state index is 0.703. The van der Waals surface area contributed by atoms with Crippen LogP contribution in [-0.4, -0.2) is 22.5 Å². The lowest BCUT2D eigenvalue weighted by Gasteiger charge is -2.15. The summed E-state index contributed by atoms with van der Waals surface area (Å²) in [4.78, 5) is 0. The Bertz CT molecular complexity index is 115. The lowest BCUT2D eigenvalue weighted by atomic mass is 9.91. The van der Waals surface area contributed by atoms with E-state index in [1.807, 2.05) is 0 Å². The van der Waals surface area contributed by atoms with E-state index in [1.54, 1.807) is 0 Å². The molecule has 3 unspecified atom stereocenters. The van der Waals surface area contributed by atoms with Gasteiger partial charge in [0.05, 0.1) is 12.2 Å². The fraction of sp³-hybridized carbons (Fsp3) is 1.00. The second-order valence-electron chi connectivity index (χ2n) is 3.30. The predicted molar refractivity (Wildman–Crippen MR) is 40.7 cm³/mol. The lowest BCUT2D eigenvalue weighted by Crippen LogP contribution is -2.12. The molecule has 1 aliphatic heterocycles. The fourth-order valence-electron chi connectivity index (χ4n) is 1.86. The Balaban J connectivity index is 1.86. The normalized spacial score (nSPS) is 48.7. The summed E-state index contributed by atoms with van der Waals surface area (Å²) in [5.74, 6) is 1.04. The minimum absolute atomic E-state index is 0.703. The van der Waals surface area contributed by atoms with E-state index in [1.165, 1.54) is 35.5 Å². The third-order valence-corrected chi connectivity index (χ3v) is 3.84. The van der Waals surface area contributed by atoms with Crippen molar-refractivity contribution in [3.63, 3.8) is 0 Å². The highest BCUT2D eigenvalue weighted by Gasteiger charge is 2.43. The smallest absolute Gasteiger partial charge is 0.0844 e. The van der Waals surface area contributed by atoms with Crippen LogP contribution in [-0.2, 0) is 4.74 Å². The van der Waals surface area contributed by atoms with Gasteiger partial charge in [-0.05, 0) is 25.2 Å². The van der Waals surface area contributed by atoms with E-state index in [9.17, 15) is 0 Å². The predicted octanol–water partition coefficient (Wildman–Crippen LogP) is 0.338. The Morgan fingerprint density at radius 1 is 1.33 bits per heavy atom. The molecule has 0 bridgehead atoms. The molecule has 2 rings (SSSR count). The summed E-state index contributed by atoms with van der Waals surface area (Å²) in [5, 5.41) is 0. The van der Waals surface area contributed by atoms with Crippen molar-refractivity contribution < 1.29 is 4.74 Å². The van der Waals surface area contributed by atoms with Gasteiger partial charge in [0.1, 0.15) is 0 Å². The summed E-state index contributed by atoms with van der Waals surface area (Å²) in [6.07, 6.45) is 5.60. The summed E-state index contributed by atoms with van der Waals surface area (Å²) in [5.41, 5.74) is 0. The molecular formula is C7H14OSi. The van der Waals surface area contributed by atoms with E-state index in [4.69, 9.17) is 4.74 Å². The fourth-order valence-corrected chi connectivity index (χ4v) is 2.60. The summed E-state index contributed by atoms with van der Waals surface area (Å²) in [6.45, 7) is 0. The molecule has 9 heavy (non-hydrogen) atoms. The van der Waals surface area contributed by atoms with Gasteiger partial charge in [0.2, 0.25) is 0 Å². The largest absolute Gasteiger partial charge is 0.370 e. The molecule has 0 amide bonds. The quantitative estimate of drug-likeness (QED) is 0.380. The van der Waals surface area contributed by atoms with Crippen molar-refractivity contribution in [2.24, 2.45) is 5.92 Å². The SMILES string of the molecule is [SiH3]CC1CCC2OC2C1. The van der Waals surface area contributed by atoms with E-state index >= 15 is 0 Å². The molecule has 1 nitrogen and oxygen atoms in total. The first kappa shape index (κ1) is 5.92. The number of fused-ring (bicyclic) bond motifs is 1. The van der Waals surface area contributed by atoms with Crippen molar-refractivity contribution in [3.8, 4) is 0 Å². The number of hydrogen-bond donors (Lipinski definition) is 0. The monoisotopic (exact) mass is 142 g/mol. The lowest BCUT2D eigenvalue weighted by molar-refractivity contribution is 0.367. The van der Waals surface area contributed by atoms with Crippen LogP contribution in [0.15, 0.2) is 0 Å². The van der Waals surface area contributed by atoms with Gasteiger partial charge in [-0.15, -0.1) is 0 Å². The van der Waals surface area contributed by atoms with Crippen LogP contribution >= 0.6 is 0 Å². The van der Waals surface area contributed by atoms with E-state index in [-0.39, 0.29) is 0 Å². The van der Waals surface area contributed by atoms with Crippen LogP contribution in [0.4, 0.5) is 0 Å². The zero-order valence-corrected chi connectivity index (χ0v) is 7.97. The maximum atomic E-state index is 5.43. The molecule has 2 aliphatic rings. The van der Waals surface area contributed by atoms with Gasteiger partial charge in [0.15, 0.2) is 0 Å². The second-order valence-corrected chi connectivity index (χ2v) is 4.12. The first-order valence-corrected chi connectivity index (χ1v) is 5.47. The van der Waals surface area contributed by atoms with Gasteiger partial charge < -0.3 is 4.74 Å². The summed E-state index contributed by atoms with van der Waals surface area (Å²) in [6, 6.07) is 1.49. The van der Waals surface area contributed by atoms with Gasteiger partial charge in [0, 0.05) is 10.2 Å². The first-order chi connectivity index (χ1) is 4.40. The Morgan fingerprint density at radius 2 is 2.22 bits per heavy atom. The van der Waals surface area contributed by atoms with Crippen LogP contribution in [0.3, 0.4) is 0 Å². The van der Waals surface area contributed by atoms with E-state index in [2.05, 4.69) is 0 Å². The molecule has 0 aromatic rings. The molecule has 0 radical (unpaired) electrons. The average Bonchev–Trinajstić information content (AvgIpc) is 2.64. The number of hydrogen-bond acceptors (Lipinski definition) is 1. The van der Waals surface area contributed by atoms with Crippen molar-refractivity contribution in [3.05, 3.63) is 0 Å². The standard InChI is InChI=1S/C7H14OSi/c9-4-5-1-2-6-7(3-5)8-6/h5-7H,1-4H2,9H3. The van der Waals surface area contributed by atoms with Crippen molar-refractivity contribution in [1.82, 2.24) is 0 Å². The highest BCUT2D eigenvalue weighted by atomic mass is 28.1. The van der Waals surface area contributed by atoms with Crippen LogP contribution in [0.2, 0.25) is 6.04 Å². The molecular weight excluding hydrogens is 128 g/mol. The van der Waals surface area contributed by atoms with E-state index in [0.29, 0.717) is 12.2 Å². The Hall–Kier alpha value is 0.177. The molecule has 1 saturated carbocycles. The molecule has 0 N–H and O–H groups in total. The molecule has 52 valence electrons. The van der Waals surface area contributed by atoms with Gasteiger partial charge in [-0.2, -0.15) is 0 Å². The van der Waals surface area contributed by atoms with Gasteiger partial charge in [-0.25, -0.2) is 0 Å². The van der Waals surface area contributed by atoms with Gasteiger partial charge in [-0.1, -0.05) is 6.04 Å². The van der Waals surface area contributed by atoms with Crippen molar-refractivity contribution in [1.29, 1.82) is 0 Å². The van der Waals surface area contributed by atoms with Crippen LogP contribution in [0.1, 0.15) is 19.3 Å². The molecule has 3 atom stereocenters. The maximum Gasteiger partial charge on any atom is 0.0844 e. The molecule has 1 aliphatic carbocycles. The zero-order chi connectivity index (χ0) is 6.27. The molecule has 1 heterocycles. The number of rotatable bonds is 1. The molecule has 2 fully saturated rings. The number of epoxide rings is 1. The van der Waals surface area contributed by atoms with Gasteiger partial charge in [0.25, 0.3) is 0 Å². The Labute approximate surface area is 59.2 Å². The summed E-state index contributed by atoms with van der Waals surface area (Å²) >= 11 is 0. The zero-order valence-electron chi connectivity index (χ0n) is 5.97. The second kappa shape index (κ2) is 2.10. The van der Waals surface area contributed by atoms with E-state index in [0.717, 1.165) is 5.92 Å². The average molecular weight is 142 g/mol. The third kappa shape index (κ3) is 1.06.